The summed E-state index contributed by atoms with van der Waals surface area (Å²) in [5.41, 5.74) is 26.9. The molecule has 0 aliphatic carbocycles. The Kier molecular flexibility index (Phi) is 15.3. The number of anilines is 6. The smallest absolute Gasteiger partial charge is 0.252 e. The van der Waals surface area contributed by atoms with Crippen molar-refractivity contribution in [3.8, 4) is 83.6 Å². The first kappa shape index (κ1) is 65.5. The van der Waals surface area contributed by atoms with Gasteiger partial charge in [0.1, 0.15) is 0 Å². The van der Waals surface area contributed by atoms with E-state index in [0.717, 1.165) is 177 Å². The number of nitrogens with zero attached hydrogens (tertiary/aromatic N) is 3. The first-order chi connectivity index (χ1) is 61.3. The second kappa shape index (κ2) is 28.1. The summed E-state index contributed by atoms with van der Waals surface area (Å²) in [4.78, 5) is 5.16. The monoisotopic (exact) mass is 1550 g/mol. The number of fused-ring (bicyclic) bond motifs is 13. The molecular formula is C116H96BN3. The first-order valence-electron chi connectivity index (χ1n) is 46.1. The second-order valence-corrected chi connectivity index (χ2v) is 37.1. The summed E-state index contributed by atoms with van der Waals surface area (Å²) in [5, 5.41) is 9.01. The molecule has 0 N–H and O–H groups in total. The summed E-state index contributed by atoms with van der Waals surface area (Å²) in [6.45, 7) is 27.2. The van der Waals surface area contributed by atoms with Crippen molar-refractivity contribution in [2.75, 3.05) is 9.80 Å². The lowest BCUT2D eigenvalue weighted by Gasteiger charge is -2.46. The van der Waals surface area contributed by atoms with Gasteiger partial charge in [-0.25, -0.2) is 0 Å². The van der Waals surface area contributed by atoms with Gasteiger partial charge in [-0.05, 0) is 238 Å². The minimum atomic E-state index is -0.547. The van der Waals surface area contributed by atoms with Crippen molar-refractivity contribution in [2.24, 2.45) is 0 Å². The van der Waals surface area contributed by atoms with Gasteiger partial charge in [-0.3, -0.25) is 0 Å². The third-order valence-electron chi connectivity index (χ3n) is 25.3. The highest BCUT2D eigenvalue weighted by Crippen LogP contribution is 2.56. The molecule has 2 aliphatic heterocycles. The predicted octanol–water partition coefficient (Wildman–Crippen LogP) is 30.3. The van der Waals surface area contributed by atoms with Crippen molar-refractivity contribution in [1.29, 1.82) is 0 Å². The molecule has 4 heteroatoms. The normalized spacial score (nSPS) is 13.9. The third kappa shape index (κ3) is 12.6. The number of hydrogen-bond donors (Lipinski definition) is 0. The topological polar surface area (TPSA) is 11.4 Å². The average Bonchev–Trinajstić information content (AvgIpc) is 0.823. The van der Waals surface area contributed by atoms with E-state index in [1.807, 2.05) is 6.07 Å². The lowest BCUT2D eigenvalue weighted by molar-refractivity contribution is 0.569. The van der Waals surface area contributed by atoms with Crippen LogP contribution in [0.15, 0.2) is 364 Å². The van der Waals surface area contributed by atoms with Crippen molar-refractivity contribution >= 4 is 122 Å². The van der Waals surface area contributed by atoms with Crippen LogP contribution in [0.4, 0.5) is 34.1 Å². The van der Waals surface area contributed by atoms with E-state index >= 15 is 0 Å². The molecule has 18 aromatic carbocycles. The maximum Gasteiger partial charge on any atom is 0.252 e. The molecule has 120 heavy (non-hydrogen) atoms. The predicted molar refractivity (Wildman–Crippen MR) is 518 cm³/mol. The summed E-state index contributed by atoms with van der Waals surface area (Å²) < 4.78 is 78.7. The van der Waals surface area contributed by atoms with Crippen molar-refractivity contribution in [3.05, 3.63) is 386 Å². The Balaban J connectivity index is 0.958. The van der Waals surface area contributed by atoms with Crippen molar-refractivity contribution in [2.45, 2.75) is 105 Å². The maximum absolute atomic E-state index is 10.1. The van der Waals surface area contributed by atoms with Crippen LogP contribution in [0.1, 0.15) is 116 Å². The van der Waals surface area contributed by atoms with E-state index in [4.69, 9.17) is 0 Å². The van der Waals surface area contributed by atoms with Crippen molar-refractivity contribution in [3.63, 3.8) is 0 Å². The summed E-state index contributed by atoms with van der Waals surface area (Å²) in [6.07, 6.45) is 0. The molecule has 3 heterocycles. The highest BCUT2D eigenvalue weighted by molar-refractivity contribution is 7.00. The van der Waals surface area contributed by atoms with Gasteiger partial charge in [0, 0.05) is 61.5 Å². The van der Waals surface area contributed by atoms with Gasteiger partial charge < -0.3 is 14.4 Å². The Hall–Kier alpha value is -13.5. The number of benzene rings is 18. The SMILES string of the molecule is [2H]c1c([2H])c([2H])c2c(c1[2H])c1c([2H])c([2H])c([2H])c([2H])c1n2-c1ccc2c(c1)N(c1c(-c3ccc4c(ccc5ccccc54)c3)cccc1-c1ccc3c(ccc4ccccc43)c1)c1cc(C(C)(C)C)cc3c1B2c1ccc(-c2cc(C(C)(C)C)cc(C(C)(C)C)c2)cc1N3c1c(-c2cccc(-c3ccccc3)c2)cc(C(C)(C)C)cc1-c1cccc(-c2ccccc2)c1. The van der Waals surface area contributed by atoms with Crippen LogP contribution in [0, 0.1) is 0 Å². The summed E-state index contributed by atoms with van der Waals surface area (Å²) >= 11 is 0. The van der Waals surface area contributed by atoms with Gasteiger partial charge >= 0.3 is 0 Å². The summed E-state index contributed by atoms with van der Waals surface area (Å²) in [6, 6.07) is 113. The van der Waals surface area contributed by atoms with Crippen molar-refractivity contribution in [1.82, 2.24) is 4.57 Å². The average molecular weight is 1550 g/mol. The molecule has 0 amide bonds. The van der Waals surface area contributed by atoms with Crippen molar-refractivity contribution < 1.29 is 11.0 Å². The Bertz CT molecular complexity index is 7570. The molecule has 0 unspecified atom stereocenters. The lowest BCUT2D eigenvalue weighted by Crippen LogP contribution is -2.61. The third-order valence-corrected chi connectivity index (χ3v) is 25.3. The fraction of sp³-hybridized carbons (Fsp3) is 0.138. The molecule has 2 aliphatic rings. The van der Waals surface area contributed by atoms with E-state index in [-0.39, 0.29) is 50.1 Å². The molecule has 1 aromatic heterocycles. The van der Waals surface area contributed by atoms with Gasteiger partial charge in [0.15, 0.2) is 0 Å². The van der Waals surface area contributed by atoms with Crippen LogP contribution in [0.25, 0.3) is 148 Å². The summed E-state index contributed by atoms with van der Waals surface area (Å²) in [7, 11) is 0. The number of hydrogen-bond acceptors (Lipinski definition) is 2. The molecule has 0 saturated carbocycles. The minimum Gasteiger partial charge on any atom is -0.310 e. The van der Waals surface area contributed by atoms with E-state index in [1.54, 1.807) is 4.57 Å². The van der Waals surface area contributed by atoms with E-state index < -0.39 is 48.4 Å². The first-order valence-corrected chi connectivity index (χ1v) is 42.1. The minimum absolute atomic E-state index is 0.00537. The molecule has 21 rings (SSSR count). The largest absolute Gasteiger partial charge is 0.310 e. The molecule has 0 saturated heterocycles. The molecular weight excluding hydrogens is 1450 g/mol. The van der Waals surface area contributed by atoms with Gasteiger partial charge in [0.25, 0.3) is 6.71 Å². The van der Waals surface area contributed by atoms with Gasteiger partial charge in [0.2, 0.25) is 0 Å². The van der Waals surface area contributed by atoms with Crippen LogP contribution in [-0.4, -0.2) is 11.3 Å². The molecule has 0 atom stereocenters. The van der Waals surface area contributed by atoms with Crippen LogP contribution >= 0.6 is 0 Å². The summed E-state index contributed by atoms with van der Waals surface area (Å²) in [5.74, 6) is 0. The molecule has 0 radical (unpaired) electrons. The molecule has 0 bridgehead atoms. The lowest BCUT2D eigenvalue weighted by atomic mass is 9.33. The van der Waals surface area contributed by atoms with Gasteiger partial charge in [-0.1, -0.05) is 368 Å². The fourth-order valence-corrected chi connectivity index (χ4v) is 18.9. The molecule has 0 fully saturated rings. The van der Waals surface area contributed by atoms with Gasteiger partial charge in [-0.15, -0.1) is 0 Å². The zero-order chi connectivity index (χ0) is 88.8. The van der Waals surface area contributed by atoms with Gasteiger partial charge in [0.05, 0.1) is 33.4 Å². The number of para-hydroxylation sites is 3. The molecule has 0 spiro atoms. The highest BCUT2D eigenvalue weighted by Gasteiger charge is 2.47. The quantitative estimate of drug-likeness (QED) is 0.0999. The number of aromatic nitrogens is 1. The molecule has 19 aromatic rings. The zero-order valence-corrected chi connectivity index (χ0v) is 69.9. The van der Waals surface area contributed by atoms with Crippen LogP contribution in [0.2, 0.25) is 0 Å². The van der Waals surface area contributed by atoms with Crippen LogP contribution in [0.5, 0.6) is 0 Å². The standard InChI is InChI=1S/C116H96BN3/c1-113(2,3)87-64-86(65-88(67-87)114(4,5)6)79-54-58-102-106(66-79)119(112-100(80-38-27-36-77(60-80)73-30-15-13-16-31-73)68-89(115(7,8)9)69-101(112)81-39-28-37-78(61-81)74-32-17-14-18-33-74)108-70-90(116(10,11)12)71-109-110(108)117(102)103-59-55-91(118-104-46-25-23-42-98(104)99-43-24-26-47-105(99)118)72-107(103)120(109)111-96(84-52-56-94-82(62-84)50-48-75-34-19-21-40-92(75)94)44-29-45-97(111)85-53-57-95-83(63-85)51-49-76-35-20-22-41-93(76)95/h13-72H,1-12H3/i23D,24D,25D,26D,42D,43D,46D,47D. The number of rotatable bonds is 10. The Morgan fingerprint density at radius 3 is 1.12 bits per heavy atom. The maximum atomic E-state index is 10.1. The Labute approximate surface area is 717 Å². The van der Waals surface area contributed by atoms with Gasteiger partial charge in [-0.2, -0.15) is 0 Å². The molecule has 3 nitrogen and oxygen atoms in total. The van der Waals surface area contributed by atoms with Crippen LogP contribution in [-0.2, 0) is 21.7 Å². The zero-order valence-electron chi connectivity index (χ0n) is 77.9. The fourth-order valence-electron chi connectivity index (χ4n) is 18.9. The van der Waals surface area contributed by atoms with E-state index in [9.17, 15) is 11.0 Å². The van der Waals surface area contributed by atoms with E-state index in [1.165, 1.54) is 16.7 Å². The second-order valence-electron chi connectivity index (χ2n) is 37.1. The van der Waals surface area contributed by atoms with Crippen LogP contribution in [0.3, 0.4) is 0 Å². The van der Waals surface area contributed by atoms with E-state index in [2.05, 4.69) is 402 Å². The Morgan fingerprint density at radius 1 is 0.242 bits per heavy atom. The van der Waals surface area contributed by atoms with E-state index in [0.29, 0.717) is 5.69 Å². The Morgan fingerprint density at radius 2 is 0.617 bits per heavy atom. The van der Waals surface area contributed by atoms with Crippen LogP contribution < -0.4 is 26.2 Å². The highest BCUT2D eigenvalue weighted by atomic mass is 15.2. The molecule has 578 valence electrons.